The minimum Gasteiger partial charge on any atom is -0.366 e. The van der Waals surface area contributed by atoms with E-state index in [0.29, 0.717) is 28.4 Å². The van der Waals surface area contributed by atoms with E-state index in [-0.39, 0.29) is 5.82 Å². The molecule has 123 valence electrons. The minimum atomic E-state index is -0.529. The molecular weight excluding hydrogens is 315 g/mol. The Bertz CT molecular complexity index is 1130. The molecule has 4 aromatic rings. The first-order chi connectivity index (χ1) is 12.1. The fourth-order valence-corrected chi connectivity index (χ4v) is 3.39. The van der Waals surface area contributed by atoms with Gasteiger partial charge in [-0.3, -0.25) is 4.79 Å². The van der Waals surface area contributed by atoms with Crippen LogP contribution in [0.15, 0.2) is 54.6 Å². The van der Waals surface area contributed by atoms with E-state index in [1.54, 1.807) is 12.1 Å². The second kappa shape index (κ2) is 5.74. The van der Waals surface area contributed by atoms with Gasteiger partial charge in [-0.1, -0.05) is 36.4 Å². The van der Waals surface area contributed by atoms with Crippen molar-refractivity contribution in [1.82, 2.24) is 4.57 Å². The van der Waals surface area contributed by atoms with Crippen LogP contribution in [0.1, 0.15) is 21.5 Å². The van der Waals surface area contributed by atoms with Gasteiger partial charge in [-0.15, -0.1) is 0 Å². The summed E-state index contributed by atoms with van der Waals surface area (Å²) >= 11 is 0. The molecule has 0 aliphatic rings. The van der Waals surface area contributed by atoms with Crippen molar-refractivity contribution < 1.29 is 9.18 Å². The van der Waals surface area contributed by atoms with Crippen molar-refractivity contribution in [2.75, 3.05) is 0 Å². The van der Waals surface area contributed by atoms with Gasteiger partial charge in [0.15, 0.2) is 0 Å². The lowest BCUT2D eigenvalue weighted by Gasteiger charge is -2.10. The molecule has 0 spiro atoms. The Morgan fingerprint density at radius 2 is 1.96 bits per heavy atom. The van der Waals surface area contributed by atoms with E-state index in [0.717, 1.165) is 16.6 Å². The summed E-state index contributed by atoms with van der Waals surface area (Å²) in [6.45, 7) is 2.53. The van der Waals surface area contributed by atoms with Gasteiger partial charge in [0.2, 0.25) is 5.91 Å². The zero-order chi connectivity index (χ0) is 17.6. The molecule has 3 nitrogen and oxygen atoms in total. The Morgan fingerprint density at radius 1 is 1.16 bits per heavy atom. The molecular formula is C21H16FN2O. The number of aromatic nitrogens is 1. The fourth-order valence-electron chi connectivity index (χ4n) is 3.39. The first-order valence-corrected chi connectivity index (χ1v) is 8.03. The minimum absolute atomic E-state index is 0.339. The van der Waals surface area contributed by atoms with Crippen LogP contribution in [0.25, 0.3) is 21.8 Å². The molecule has 0 unspecified atom stereocenters. The molecule has 25 heavy (non-hydrogen) atoms. The molecule has 0 saturated carbocycles. The van der Waals surface area contributed by atoms with Crippen molar-refractivity contribution in [1.29, 1.82) is 0 Å². The van der Waals surface area contributed by atoms with E-state index in [1.807, 2.05) is 41.8 Å². The van der Waals surface area contributed by atoms with Gasteiger partial charge < -0.3 is 10.3 Å². The van der Waals surface area contributed by atoms with E-state index in [9.17, 15) is 9.18 Å². The lowest BCUT2D eigenvalue weighted by atomic mass is 10.1. The highest BCUT2D eigenvalue weighted by Crippen LogP contribution is 2.33. The number of amides is 1. The Labute approximate surface area is 144 Å². The molecule has 1 amide bonds. The average Bonchev–Trinajstić information content (AvgIpc) is 2.92. The molecule has 1 radical (unpaired) electrons. The number of hydrogen-bond donors (Lipinski definition) is 1. The molecule has 3 aromatic carbocycles. The number of benzene rings is 3. The van der Waals surface area contributed by atoms with E-state index in [2.05, 4.69) is 6.07 Å². The van der Waals surface area contributed by atoms with Gasteiger partial charge in [0, 0.05) is 22.9 Å². The first kappa shape index (κ1) is 15.4. The van der Waals surface area contributed by atoms with E-state index in [4.69, 9.17) is 5.73 Å². The van der Waals surface area contributed by atoms with Crippen molar-refractivity contribution in [2.45, 2.75) is 13.5 Å². The molecule has 4 rings (SSSR count). The lowest BCUT2D eigenvalue weighted by Crippen LogP contribution is -2.11. The van der Waals surface area contributed by atoms with Crippen molar-refractivity contribution in [3.05, 3.63) is 83.2 Å². The first-order valence-electron chi connectivity index (χ1n) is 8.03. The Morgan fingerprint density at radius 3 is 2.72 bits per heavy atom. The highest BCUT2D eigenvalue weighted by atomic mass is 19.1. The number of fused-ring (bicyclic) bond motifs is 3. The van der Waals surface area contributed by atoms with Gasteiger partial charge in [0.05, 0.1) is 11.0 Å². The molecule has 2 N–H and O–H groups in total. The standard InChI is InChI=1S/C21H16FN2O/c1-13-6-2-3-7-14(13)12-24-18-11-5-9-16(21(23)25)19(18)15-8-4-10-17(22)20(15)24/h2-7,9-11H,12H2,1H3,(H2,23,25). The summed E-state index contributed by atoms with van der Waals surface area (Å²) in [6, 6.07) is 19.3. The maximum atomic E-state index is 14.7. The number of rotatable bonds is 3. The van der Waals surface area contributed by atoms with Crippen LogP contribution in [-0.4, -0.2) is 10.5 Å². The Hall–Kier alpha value is -3.14. The van der Waals surface area contributed by atoms with Crippen LogP contribution >= 0.6 is 0 Å². The summed E-state index contributed by atoms with van der Waals surface area (Å²) in [5, 5.41) is 1.23. The second-order valence-electron chi connectivity index (χ2n) is 6.13. The molecule has 0 aliphatic heterocycles. The number of hydrogen-bond acceptors (Lipinski definition) is 1. The van der Waals surface area contributed by atoms with Crippen LogP contribution in [0.4, 0.5) is 4.39 Å². The van der Waals surface area contributed by atoms with E-state index in [1.165, 1.54) is 12.1 Å². The maximum Gasteiger partial charge on any atom is 0.249 e. The zero-order valence-electron chi connectivity index (χ0n) is 13.7. The van der Waals surface area contributed by atoms with Crippen molar-refractivity contribution in [3.63, 3.8) is 0 Å². The number of nitrogens with two attached hydrogens (primary N) is 1. The highest BCUT2D eigenvalue weighted by Gasteiger charge is 2.19. The third kappa shape index (κ3) is 2.38. The number of carbonyl (C=O) groups is 1. The summed E-state index contributed by atoms with van der Waals surface area (Å²) in [5.41, 5.74) is 9.35. The quantitative estimate of drug-likeness (QED) is 0.601. The number of primary amides is 1. The molecule has 0 aliphatic carbocycles. The van der Waals surface area contributed by atoms with Crippen LogP contribution in [0.5, 0.6) is 0 Å². The summed E-state index contributed by atoms with van der Waals surface area (Å²) in [7, 11) is 0. The predicted octanol–water partition coefficient (Wildman–Crippen LogP) is 4.19. The lowest BCUT2D eigenvalue weighted by molar-refractivity contribution is 0.100. The maximum absolute atomic E-state index is 14.7. The zero-order valence-corrected chi connectivity index (χ0v) is 13.7. The number of aryl methyl sites for hydroxylation is 1. The van der Waals surface area contributed by atoms with Crippen LogP contribution in [0.2, 0.25) is 0 Å². The number of carbonyl (C=O) groups excluding carboxylic acids is 1. The van der Waals surface area contributed by atoms with Gasteiger partial charge in [-0.2, -0.15) is 0 Å². The monoisotopic (exact) mass is 331 g/mol. The fraction of sp³-hybridized carbons (Fsp3) is 0.0952. The van der Waals surface area contributed by atoms with Crippen molar-refractivity contribution in [2.24, 2.45) is 5.73 Å². The number of nitrogens with zero attached hydrogens (tertiary/aromatic N) is 1. The van der Waals surface area contributed by atoms with Crippen molar-refractivity contribution in [3.8, 4) is 0 Å². The van der Waals surface area contributed by atoms with Gasteiger partial charge in [0.25, 0.3) is 0 Å². The van der Waals surface area contributed by atoms with Crippen LogP contribution in [0, 0.1) is 18.8 Å². The second-order valence-corrected chi connectivity index (χ2v) is 6.13. The average molecular weight is 331 g/mol. The molecule has 4 heteroatoms. The molecule has 0 bridgehead atoms. The van der Waals surface area contributed by atoms with Gasteiger partial charge in [0.1, 0.15) is 5.82 Å². The third-order valence-corrected chi connectivity index (χ3v) is 4.63. The highest BCUT2D eigenvalue weighted by molar-refractivity contribution is 6.17. The van der Waals surface area contributed by atoms with Crippen LogP contribution < -0.4 is 5.73 Å². The third-order valence-electron chi connectivity index (χ3n) is 4.63. The topological polar surface area (TPSA) is 48.0 Å². The van der Waals surface area contributed by atoms with Crippen LogP contribution in [-0.2, 0) is 6.54 Å². The molecule has 0 atom stereocenters. The normalized spacial score (nSPS) is 11.3. The van der Waals surface area contributed by atoms with Gasteiger partial charge in [-0.25, -0.2) is 4.39 Å². The van der Waals surface area contributed by atoms with E-state index < -0.39 is 5.91 Å². The largest absolute Gasteiger partial charge is 0.366 e. The smallest absolute Gasteiger partial charge is 0.249 e. The summed E-state index contributed by atoms with van der Waals surface area (Å²) in [4.78, 5) is 11.9. The summed E-state index contributed by atoms with van der Waals surface area (Å²) in [6.07, 6.45) is 0. The van der Waals surface area contributed by atoms with Gasteiger partial charge in [-0.05, 0) is 42.3 Å². The molecule has 1 aromatic heterocycles. The summed E-state index contributed by atoms with van der Waals surface area (Å²) in [5.74, 6) is -0.868. The van der Waals surface area contributed by atoms with Crippen molar-refractivity contribution >= 4 is 27.7 Å². The summed E-state index contributed by atoms with van der Waals surface area (Å²) < 4.78 is 16.6. The van der Waals surface area contributed by atoms with Crippen LogP contribution in [0.3, 0.4) is 0 Å². The Balaban J connectivity index is 2.10. The molecule has 1 heterocycles. The van der Waals surface area contributed by atoms with Gasteiger partial charge >= 0.3 is 0 Å². The number of halogens is 1. The molecule has 0 saturated heterocycles. The SMILES string of the molecule is Cc1ccccc1Cn1c2cccc(C(N)=O)c2c2[c]ccc(F)c21. The van der Waals surface area contributed by atoms with E-state index >= 15 is 0 Å². The molecule has 0 fully saturated rings. The predicted molar refractivity (Wildman–Crippen MR) is 97.0 cm³/mol. The Kier molecular flexibility index (Phi) is 3.53.